The van der Waals surface area contributed by atoms with Crippen LogP contribution in [0, 0.1) is 29.1 Å². The lowest BCUT2D eigenvalue weighted by Gasteiger charge is -2.23. The van der Waals surface area contributed by atoms with Gasteiger partial charge in [0.05, 0.1) is 31.7 Å². The Hall–Kier alpha value is -2.30. The summed E-state index contributed by atoms with van der Waals surface area (Å²) in [4.78, 5) is 27.6. The van der Waals surface area contributed by atoms with Gasteiger partial charge in [0.15, 0.2) is 0 Å². The number of amides is 2. The van der Waals surface area contributed by atoms with Crippen LogP contribution in [0.5, 0.6) is 11.5 Å². The van der Waals surface area contributed by atoms with Crippen molar-refractivity contribution in [1.82, 2.24) is 0 Å². The molecule has 0 radical (unpaired) electrons. The summed E-state index contributed by atoms with van der Waals surface area (Å²) in [5, 5.41) is 0. The van der Waals surface area contributed by atoms with Crippen LogP contribution in [0.4, 0.5) is 5.69 Å². The largest absolute Gasteiger partial charge is 0.497 e. The van der Waals surface area contributed by atoms with Gasteiger partial charge in [-0.15, -0.1) is 0 Å². The zero-order valence-electron chi connectivity index (χ0n) is 13.7. The van der Waals surface area contributed by atoms with Crippen molar-refractivity contribution >= 4 is 17.5 Å². The number of carbonyl (C=O) groups is 2. The summed E-state index contributed by atoms with van der Waals surface area (Å²) in [6.45, 7) is 0. The first-order valence-electron chi connectivity index (χ1n) is 8.40. The highest BCUT2D eigenvalue weighted by molar-refractivity contribution is 6.23. The molecule has 1 heterocycles. The molecule has 1 aliphatic heterocycles. The minimum absolute atomic E-state index is 0.0836. The third-order valence-corrected chi connectivity index (χ3v) is 6.48. The molecule has 4 aliphatic rings. The molecule has 0 unspecified atom stereocenters. The van der Waals surface area contributed by atoms with Gasteiger partial charge in [0.25, 0.3) is 0 Å². The molecular weight excluding hydrogens is 306 g/mol. The summed E-state index contributed by atoms with van der Waals surface area (Å²) < 4.78 is 10.6. The molecular formula is C19H19NO4. The highest BCUT2D eigenvalue weighted by Crippen LogP contribution is 2.73. The molecule has 24 heavy (non-hydrogen) atoms. The lowest BCUT2D eigenvalue weighted by atomic mass is 9.85. The van der Waals surface area contributed by atoms with Crippen molar-refractivity contribution in [1.29, 1.82) is 0 Å². The quantitative estimate of drug-likeness (QED) is 0.632. The Morgan fingerprint density at radius 1 is 1.00 bits per heavy atom. The fourth-order valence-electron chi connectivity index (χ4n) is 5.29. The van der Waals surface area contributed by atoms with Gasteiger partial charge in [0.2, 0.25) is 11.8 Å². The van der Waals surface area contributed by atoms with E-state index in [1.54, 1.807) is 32.4 Å². The average Bonchev–Trinajstić information content (AvgIpc) is 3.19. The minimum Gasteiger partial charge on any atom is -0.497 e. The normalized spacial score (nSPS) is 34.2. The van der Waals surface area contributed by atoms with E-state index in [0.29, 0.717) is 17.2 Å². The van der Waals surface area contributed by atoms with E-state index in [9.17, 15) is 9.59 Å². The highest BCUT2D eigenvalue weighted by atomic mass is 16.5. The van der Waals surface area contributed by atoms with Gasteiger partial charge in [-0.25, -0.2) is 4.90 Å². The number of ether oxygens (including phenoxy) is 2. The van der Waals surface area contributed by atoms with Crippen LogP contribution in [-0.4, -0.2) is 26.0 Å². The van der Waals surface area contributed by atoms with E-state index in [0.717, 1.165) is 12.8 Å². The topological polar surface area (TPSA) is 55.8 Å². The number of fused-ring (bicyclic) bond motifs is 3. The van der Waals surface area contributed by atoms with E-state index in [1.165, 1.54) is 4.90 Å². The zero-order chi connectivity index (χ0) is 16.6. The predicted octanol–water partition coefficient (Wildman–Crippen LogP) is 2.41. The maximum absolute atomic E-state index is 13.1. The first kappa shape index (κ1) is 14.1. The van der Waals surface area contributed by atoms with Gasteiger partial charge < -0.3 is 9.47 Å². The number of methoxy groups -OCH3 is 2. The Labute approximate surface area is 140 Å². The Kier molecular flexibility index (Phi) is 2.58. The molecule has 4 atom stereocenters. The van der Waals surface area contributed by atoms with Gasteiger partial charge in [-0.3, -0.25) is 9.59 Å². The van der Waals surface area contributed by atoms with Crippen molar-refractivity contribution in [2.24, 2.45) is 29.1 Å². The molecule has 3 aliphatic carbocycles. The maximum atomic E-state index is 13.1. The summed E-state index contributed by atoms with van der Waals surface area (Å²) in [6, 6.07) is 5.20. The van der Waals surface area contributed by atoms with Crippen LogP contribution >= 0.6 is 0 Å². The number of nitrogens with zero attached hydrogens (tertiary/aromatic N) is 1. The Morgan fingerprint density at radius 2 is 1.62 bits per heavy atom. The molecule has 5 heteroatoms. The number of rotatable bonds is 3. The summed E-state index contributed by atoms with van der Waals surface area (Å²) in [5.74, 6) is 0.995. The third kappa shape index (κ3) is 1.46. The first-order valence-corrected chi connectivity index (χ1v) is 8.40. The van der Waals surface area contributed by atoms with Crippen molar-refractivity contribution < 1.29 is 19.1 Å². The Morgan fingerprint density at radius 3 is 2.12 bits per heavy atom. The van der Waals surface area contributed by atoms with Crippen molar-refractivity contribution in [2.75, 3.05) is 19.1 Å². The van der Waals surface area contributed by atoms with E-state index in [2.05, 4.69) is 12.2 Å². The second kappa shape index (κ2) is 4.41. The summed E-state index contributed by atoms with van der Waals surface area (Å²) in [7, 11) is 3.11. The lowest BCUT2D eigenvalue weighted by Crippen LogP contribution is -2.35. The molecule has 124 valence electrons. The fourth-order valence-corrected chi connectivity index (χ4v) is 5.29. The summed E-state index contributed by atoms with van der Waals surface area (Å²) in [6.07, 6.45) is 6.64. The van der Waals surface area contributed by atoms with Crippen LogP contribution in [0.25, 0.3) is 0 Å². The standard InChI is InChI=1S/C19H19NO4/c1-23-10-3-6-14(24-2)13(9-10)20-17(21)15-11-4-5-12(16(15)18(20)22)19(11)7-8-19/h3-6,9,11-12,15-16H,7-8H2,1-2H3/t11-,12+,15-,16-/m0/s1. The van der Waals surface area contributed by atoms with Gasteiger partial charge >= 0.3 is 0 Å². The number of carbonyl (C=O) groups excluding carboxylic acids is 2. The molecule has 1 spiro atoms. The first-order chi connectivity index (χ1) is 11.6. The summed E-state index contributed by atoms with van der Waals surface area (Å²) >= 11 is 0. The predicted molar refractivity (Wildman–Crippen MR) is 86.8 cm³/mol. The molecule has 2 bridgehead atoms. The molecule has 2 amide bonds. The fraction of sp³-hybridized carbons (Fsp3) is 0.474. The minimum atomic E-state index is -0.203. The number of benzene rings is 1. The summed E-state index contributed by atoms with van der Waals surface area (Å²) in [5.41, 5.74) is 0.705. The van der Waals surface area contributed by atoms with Gasteiger partial charge in [0.1, 0.15) is 11.5 Å². The second-order valence-electron chi connectivity index (χ2n) is 7.27. The maximum Gasteiger partial charge on any atom is 0.238 e. The van der Waals surface area contributed by atoms with Gasteiger partial charge in [-0.05, 0) is 42.2 Å². The SMILES string of the molecule is COc1ccc(OC)c(N2C(=O)[C@@H]3[C@@H](C2=O)[C@@H]2C=C[C@H]3C23CC3)c1. The van der Waals surface area contributed by atoms with Crippen LogP contribution in [-0.2, 0) is 9.59 Å². The lowest BCUT2D eigenvalue weighted by molar-refractivity contribution is -0.123. The van der Waals surface area contributed by atoms with Crippen LogP contribution in [0.3, 0.4) is 0 Å². The number of anilines is 1. The van der Waals surface area contributed by atoms with Crippen molar-refractivity contribution in [3.05, 3.63) is 30.4 Å². The molecule has 0 aromatic heterocycles. The zero-order valence-corrected chi connectivity index (χ0v) is 13.7. The van der Waals surface area contributed by atoms with Crippen LogP contribution in [0.1, 0.15) is 12.8 Å². The van der Waals surface area contributed by atoms with Crippen LogP contribution in [0.15, 0.2) is 30.4 Å². The number of allylic oxidation sites excluding steroid dienone is 2. The van der Waals surface area contributed by atoms with E-state index < -0.39 is 0 Å². The van der Waals surface area contributed by atoms with Crippen LogP contribution < -0.4 is 14.4 Å². The van der Waals surface area contributed by atoms with Gasteiger partial charge in [-0.1, -0.05) is 12.2 Å². The van der Waals surface area contributed by atoms with E-state index in [1.807, 2.05) is 0 Å². The molecule has 2 saturated carbocycles. The number of hydrogen-bond donors (Lipinski definition) is 0. The van der Waals surface area contributed by atoms with E-state index in [-0.39, 0.29) is 40.9 Å². The highest BCUT2D eigenvalue weighted by Gasteiger charge is 2.73. The molecule has 5 nitrogen and oxygen atoms in total. The Bertz CT molecular complexity index is 761. The Balaban J connectivity index is 1.59. The monoisotopic (exact) mass is 325 g/mol. The van der Waals surface area contributed by atoms with Crippen molar-refractivity contribution in [2.45, 2.75) is 12.8 Å². The van der Waals surface area contributed by atoms with Gasteiger partial charge in [-0.2, -0.15) is 0 Å². The smallest absolute Gasteiger partial charge is 0.238 e. The van der Waals surface area contributed by atoms with Crippen LogP contribution in [0.2, 0.25) is 0 Å². The average molecular weight is 325 g/mol. The number of imide groups is 1. The van der Waals surface area contributed by atoms with E-state index >= 15 is 0 Å². The molecule has 5 rings (SSSR count). The molecule has 0 N–H and O–H groups in total. The van der Waals surface area contributed by atoms with Crippen molar-refractivity contribution in [3.63, 3.8) is 0 Å². The third-order valence-electron chi connectivity index (χ3n) is 6.48. The molecule has 1 aromatic carbocycles. The molecule has 1 saturated heterocycles. The van der Waals surface area contributed by atoms with Crippen molar-refractivity contribution in [3.8, 4) is 11.5 Å². The second-order valence-corrected chi connectivity index (χ2v) is 7.27. The van der Waals surface area contributed by atoms with Gasteiger partial charge in [0, 0.05) is 6.07 Å². The molecule has 1 aromatic rings. The van der Waals surface area contributed by atoms with E-state index in [4.69, 9.17) is 9.47 Å². The molecule has 3 fully saturated rings. The number of hydrogen-bond acceptors (Lipinski definition) is 4.